The van der Waals surface area contributed by atoms with Gasteiger partial charge in [0.1, 0.15) is 17.9 Å². The summed E-state index contributed by atoms with van der Waals surface area (Å²) in [6, 6.07) is 20.3. The number of piperidine rings is 2. The third-order valence-electron chi connectivity index (χ3n) is 13.3. The second-order valence-electron chi connectivity index (χ2n) is 17.8. The first kappa shape index (κ1) is 39.5. The van der Waals surface area contributed by atoms with Crippen LogP contribution >= 0.6 is 0 Å². The van der Waals surface area contributed by atoms with Crippen molar-refractivity contribution in [1.82, 2.24) is 30.4 Å². The number of allylic oxidation sites excluding steroid dienone is 1. The fourth-order valence-electron chi connectivity index (χ4n) is 9.76. The molecule has 4 aromatic rings. The van der Waals surface area contributed by atoms with Gasteiger partial charge in [-0.05, 0) is 94.5 Å². The third kappa shape index (κ3) is 7.32. The number of carbonyl (C=O) groups excluding carboxylic acids is 4. The minimum Gasteiger partial charge on any atom is -0.453 e. The fourth-order valence-corrected chi connectivity index (χ4v) is 9.76. The lowest BCUT2D eigenvalue weighted by Gasteiger charge is -2.33. The van der Waals surface area contributed by atoms with Crippen molar-refractivity contribution in [3.8, 4) is 22.4 Å². The Morgan fingerprint density at radius 3 is 1.78 bits per heavy atom. The average Bonchev–Trinajstić information content (AvgIpc) is 3.83. The summed E-state index contributed by atoms with van der Waals surface area (Å²) in [5.74, 6) is 1.38. The van der Waals surface area contributed by atoms with Crippen LogP contribution in [0, 0.1) is 23.7 Å². The molecule has 4 amide bonds. The molecular formula is C47H53N7O6. The second-order valence-corrected chi connectivity index (χ2v) is 17.8. The van der Waals surface area contributed by atoms with Crippen LogP contribution in [0.25, 0.3) is 38.7 Å². The van der Waals surface area contributed by atoms with E-state index in [4.69, 9.17) is 19.5 Å². The van der Waals surface area contributed by atoms with Crippen molar-refractivity contribution in [3.05, 3.63) is 84.4 Å². The molecule has 312 valence electrons. The fraction of sp³-hybridized carbons (Fsp3) is 0.447. The molecule has 4 heterocycles. The molecule has 5 aliphatic rings. The van der Waals surface area contributed by atoms with Gasteiger partial charge in [-0.25, -0.2) is 14.6 Å². The summed E-state index contributed by atoms with van der Waals surface area (Å²) in [6.45, 7) is 7.73. The van der Waals surface area contributed by atoms with E-state index >= 15 is 0 Å². The first-order chi connectivity index (χ1) is 28.9. The van der Waals surface area contributed by atoms with E-state index in [1.807, 2.05) is 49.9 Å². The van der Waals surface area contributed by atoms with Crippen LogP contribution in [0.3, 0.4) is 0 Å². The first-order valence-corrected chi connectivity index (χ1v) is 21.2. The van der Waals surface area contributed by atoms with Gasteiger partial charge in [-0.1, -0.05) is 76.2 Å². The molecular weight excluding hydrogens is 759 g/mol. The Morgan fingerprint density at radius 1 is 0.683 bits per heavy atom. The number of aliphatic imine (C=N–C) groups is 1. The van der Waals surface area contributed by atoms with Crippen molar-refractivity contribution in [3.63, 3.8) is 0 Å². The smallest absolute Gasteiger partial charge is 0.407 e. The zero-order valence-corrected chi connectivity index (χ0v) is 35.0. The molecule has 9 rings (SSSR count). The highest BCUT2D eigenvalue weighted by Crippen LogP contribution is 2.54. The number of carbonyl (C=O) groups is 4. The van der Waals surface area contributed by atoms with E-state index in [0.717, 1.165) is 81.5 Å². The highest BCUT2D eigenvalue weighted by molar-refractivity contribution is 6.04. The molecule has 2 aliphatic carbocycles. The average molecular weight is 812 g/mol. The molecule has 8 atom stereocenters. The van der Waals surface area contributed by atoms with E-state index in [1.165, 1.54) is 14.2 Å². The van der Waals surface area contributed by atoms with E-state index in [2.05, 4.69) is 76.3 Å². The van der Waals surface area contributed by atoms with Crippen molar-refractivity contribution in [2.24, 2.45) is 28.7 Å². The highest BCUT2D eigenvalue weighted by Gasteiger charge is 2.57. The van der Waals surface area contributed by atoms with Crippen molar-refractivity contribution in [1.29, 1.82) is 0 Å². The standard InChI is InChI=1S/C47H53N7O6/c1-24(2)41(51-46(57)59-5)44(55)53-37-18-32(37)20-39(53)35-17-34(22-48-35)27-9-7-26(8-10-27)28-11-12-30-16-31(14-13-29(30)15-28)36-23-49-43(50-36)40-21-33-19-38(33)54(40)45(56)42(25(3)4)52-47(58)60-6/h7-16,22-25,32-33,37-42H,17-21H2,1-6H3,(H,49,50)(H,51,57)(H,52,58)/t32-,33-,37-,38-,39+,40+,41+,42+/m1/s1. The molecule has 4 fully saturated rings. The minimum absolute atomic E-state index is 0.0575. The number of aromatic nitrogens is 2. The van der Waals surface area contributed by atoms with Gasteiger partial charge < -0.3 is 34.9 Å². The Balaban J connectivity index is 0.854. The van der Waals surface area contributed by atoms with Crippen LogP contribution in [0.4, 0.5) is 9.59 Å². The number of ether oxygens (including phenoxy) is 2. The molecule has 3 N–H and O–H groups in total. The van der Waals surface area contributed by atoms with Gasteiger partial charge in [-0.3, -0.25) is 14.6 Å². The van der Waals surface area contributed by atoms with Gasteiger partial charge in [-0.2, -0.15) is 0 Å². The molecule has 2 saturated heterocycles. The number of rotatable bonds is 11. The number of alkyl carbamates (subject to hydrolysis) is 2. The van der Waals surface area contributed by atoms with Crippen LogP contribution in [-0.2, 0) is 19.1 Å². The summed E-state index contributed by atoms with van der Waals surface area (Å²) in [5.41, 5.74) is 7.38. The maximum atomic E-state index is 13.8. The van der Waals surface area contributed by atoms with E-state index in [1.54, 1.807) is 0 Å². The SMILES string of the molecule is COC(=O)N[C@H](C(=O)N1[C@@H]2C[C@@H]2C[C@H]1C1=NC=C(c2ccc(-c3ccc4cc(-c5cnc([C@@H]6C[C@H]7C[C@H]7N6C(=O)[C@@H](NC(=O)OC)C(C)C)[nH]5)ccc4c3)cc2)C1)C(C)C. The number of hydrogen-bond acceptors (Lipinski definition) is 8. The van der Waals surface area contributed by atoms with Gasteiger partial charge in [-0.15, -0.1) is 0 Å². The van der Waals surface area contributed by atoms with Gasteiger partial charge in [0.25, 0.3) is 0 Å². The number of nitrogens with one attached hydrogen (secondary N) is 3. The van der Waals surface area contributed by atoms with E-state index in [0.29, 0.717) is 18.3 Å². The number of amides is 4. The van der Waals surface area contributed by atoms with Crippen LogP contribution in [0.1, 0.15) is 77.2 Å². The molecule has 13 nitrogen and oxygen atoms in total. The maximum absolute atomic E-state index is 13.8. The normalized spacial score (nSPS) is 24.7. The Labute approximate surface area is 350 Å². The molecule has 0 spiro atoms. The minimum atomic E-state index is -0.674. The van der Waals surface area contributed by atoms with Crippen LogP contribution in [-0.4, -0.2) is 93.9 Å². The molecule has 0 unspecified atom stereocenters. The van der Waals surface area contributed by atoms with Gasteiger partial charge in [0.15, 0.2) is 0 Å². The Hall–Kier alpha value is -5.98. The molecule has 13 heteroatoms. The molecule has 60 heavy (non-hydrogen) atoms. The lowest BCUT2D eigenvalue weighted by molar-refractivity contribution is -0.137. The topological polar surface area (TPSA) is 158 Å². The number of methoxy groups -OCH3 is 2. The number of hydrogen-bond donors (Lipinski definition) is 3. The van der Waals surface area contributed by atoms with Gasteiger partial charge >= 0.3 is 12.2 Å². The van der Waals surface area contributed by atoms with Gasteiger partial charge in [0.05, 0.1) is 38.2 Å². The predicted octanol–water partition coefficient (Wildman–Crippen LogP) is 7.50. The van der Waals surface area contributed by atoms with Gasteiger partial charge in [0.2, 0.25) is 11.8 Å². The summed E-state index contributed by atoms with van der Waals surface area (Å²) >= 11 is 0. The van der Waals surface area contributed by atoms with Crippen molar-refractivity contribution in [2.75, 3.05) is 14.2 Å². The summed E-state index contributed by atoms with van der Waals surface area (Å²) in [5, 5.41) is 7.74. The zero-order valence-electron chi connectivity index (χ0n) is 35.0. The first-order valence-electron chi connectivity index (χ1n) is 21.2. The summed E-state index contributed by atoms with van der Waals surface area (Å²) < 4.78 is 9.62. The van der Waals surface area contributed by atoms with Crippen molar-refractivity contribution in [2.45, 2.75) is 96.1 Å². The number of fused-ring (bicyclic) bond motifs is 3. The lowest BCUT2D eigenvalue weighted by Crippen LogP contribution is -2.54. The highest BCUT2D eigenvalue weighted by atomic mass is 16.5. The number of imidazole rings is 1. The maximum Gasteiger partial charge on any atom is 0.407 e. The molecule has 3 aromatic carbocycles. The third-order valence-corrected chi connectivity index (χ3v) is 13.3. The summed E-state index contributed by atoms with van der Waals surface area (Å²) in [4.78, 5) is 68.9. The molecule has 0 bridgehead atoms. The number of aromatic amines is 1. The summed E-state index contributed by atoms with van der Waals surface area (Å²) in [7, 11) is 2.62. The van der Waals surface area contributed by atoms with Crippen LogP contribution in [0.2, 0.25) is 0 Å². The van der Waals surface area contributed by atoms with Crippen LogP contribution in [0.15, 0.2) is 78.1 Å². The monoisotopic (exact) mass is 811 g/mol. The van der Waals surface area contributed by atoms with Crippen LogP contribution in [0.5, 0.6) is 0 Å². The van der Waals surface area contributed by atoms with E-state index in [-0.39, 0.29) is 47.8 Å². The van der Waals surface area contributed by atoms with E-state index < -0.39 is 24.3 Å². The van der Waals surface area contributed by atoms with Crippen LogP contribution < -0.4 is 10.6 Å². The number of likely N-dealkylation sites (tertiary alicyclic amines) is 2. The Kier molecular flexibility index (Phi) is 10.2. The summed E-state index contributed by atoms with van der Waals surface area (Å²) in [6.07, 6.45) is 7.01. The lowest BCUT2D eigenvalue weighted by atomic mass is 9.94. The zero-order chi connectivity index (χ0) is 42.0. The van der Waals surface area contributed by atoms with Gasteiger partial charge in [0, 0.05) is 36.0 Å². The second kappa shape index (κ2) is 15.6. The number of nitrogens with zero attached hydrogens (tertiary/aromatic N) is 4. The quantitative estimate of drug-likeness (QED) is 0.142. The largest absolute Gasteiger partial charge is 0.453 e. The number of benzene rings is 3. The Morgan fingerprint density at radius 2 is 1.20 bits per heavy atom. The Bertz CT molecular complexity index is 2420. The molecule has 1 aromatic heterocycles. The van der Waals surface area contributed by atoms with E-state index in [9.17, 15) is 19.2 Å². The number of H-pyrrole nitrogens is 1. The van der Waals surface area contributed by atoms with Crippen molar-refractivity contribution >= 4 is 46.1 Å². The van der Waals surface area contributed by atoms with Crippen molar-refractivity contribution < 1.29 is 28.7 Å². The predicted molar refractivity (Wildman–Crippen MR) is 229 cm³/mol. The molecule has 2 saturated carbocycles. The molecule has 3 aliphatic heterocycles. The molecule has 0 radical (unpaired) electrons.